The molecule has 2 rings (SSSR count). The lowest BCUT2D eigenvalue weighted by molar-refractivity contribution is 0.596. The third kappa shape index (κ3) is 3.37. The summed E-state index contributed by atoms with van der Waals surface area (Å²) >= 11 is 0. The highest BCUT2D eigenvalue weighted by molar-refractivity contribution is 7.92. The molecular weight excluding hydrogens is 272 g/mol. The van der Waals surface area contributed by atoms with E-state index in [0.29, 0.717) is 11.3 Å². The van der Waals surface area contributed by atoms with Gasteiger partial charge in [-0.3, -0.25) is 4.31 Å². The molecule has 2 aromatic rings. The van der Waals surface area contributed by atoms with Crippen molar-refractivity contribution in [3.63, 3.8) is 0 Å². The fraction of sp³-hybridized carbons (Fsp3) is 0.133. The van der Waals surface area contributed by atoms with E-state index in [1.165, 1.54) is 4.31 Å². The maximum Gasteiger partial charge on any atom is 0.232 e. The largest absolute Gasteiger partial charge is 0.266 e. The number of benzene rings is 2. The van der Waals surface area contributed by atoms with Gasteiger partial charge in [0.1, 0.15) is 0 Å². The maximum atomic E-state index is 12.0. The Morgan fingerprint density at radius 3 is 2.40 bits per heavy atom. The molecule has 0 saturated carbocycles. The van der Waals surface area contributed by atoms with Gasteiger partial charge in [-0.1, -0.05) is 36.4 Å². The standard InChI is InChI=1S/C15H14N2O2S/c1-20(18,19)17(12-13-6-3-2-4-7-13)15-9-5-8-14(10-15)11-16/h2-10H,12H2,1H3. The first-order valence-electron chi connectivity index (χ1n) is 6.02. The van der Waals surface area contributed by atoms with Gasteiger partial charge >= 0.3 is 0 Å². The van der Waals surface area contributed by atoms with Crippen LogP contribution in [0.2, 0.25) is 0 Å². The van der Waals surface area contributed by atoms with Crippen LogP contribution < -0.4 is 4.31 Å². The summed E-state index contributed by atoms with van der Waals surface area (Å²) in [4.78, 5) is 0. The Kier molecular flexibility index (Phi) is 4.06. The van der Waals surface area contributed by atoms with E-state index in [0.717, 1.165) is 11.8 Å². The van der Waals surface area contributed by atoms with Gasteiger partial charge in [0.25, 0.3) is 0 Å². The molecular formula is C15H14N2O2S. The molecule has 4 nitrogen and oxygen atoms in total. The van der Waals surface area contributed by atoms with Crippen molar-refractivity contribution in [3.05, 3.63) is 65.7 Å². The second-order valence-corrected chi connectivity index (χ2v) is 6.32. The molecule has 0 unspecified atom stereocenters. The van der Waals surface area contributed by atoms with Crippen molar-refractivity contribution in [2.75, 3.05) is 10.6 Å². The number of hydrogen-bond donors (Lipinski definition) is 0. The number of hydrogen-bond acceptors (Lipinski definition) is 3. The molecule has 0 radical (unpaired) electrons. The predicted octanol–water partition coefficient (Wildman–Crippen LogP) is 2.52. The summed E-state index contributed by atoms with van der Waals surface area (Å²) in [6, 6.07) is 17.9. The molecule has 0 N–H and O–H groups in total. The van der Waals surface area contributed by atoms with E-state index in [1.807, 2.05) is 36.4 Å². The van der Waals surface area contributed by atoms with Gasteiger partial charge in [-0.25, -0.2) is 8.42 Å². The fourth-order valence-electron chi connectivity index (χ4n) is 1.88. The van der Waals surface area contributed by atoms with Crippen molar-refractivity contribution in [3.8, 4) is 6.07 Å². The van der Waals surface area contributed by atoms with Gasteiger partial charge in [-0.2, -0.15) is 5.26 Å². The van der Waals surface area contributed by atoms with E-state index in [1.54, 1.807) is 24.3 Å². The minimum atomic E-state index is -3.42. The number of anilines is 1. The molecule has 0 aliphatic carbocycles. The van der Waals surface area contributed by atoms with E-state index in [2.05, 4.69) is 0 Å². The van der Waals surface area contributed by atoms with E-state index in [4.69, 9.17) is 5.26 Å². The molecule has 0 aliphatic heterocycles. The number of rotatable bonds is 4. The van der Waals surface area contributed by atoms with Crippen LogP contribution in [0.15, 0.2) is 54.6 Å². The molecule has 20 heavy (non-hydrogen) atoms. The summed E-state index contributed by atoms with van der Waals surface area (Å²) < 4.78 is 25.3. The molecule has 0 atom stereocenters. The number of nitriles is 1. The van der Waals surface area contributed by atoms with Gasteiger partial charge < -0.3 is 0 Å². The second kappa shape index (κ2) is 5.76. The molecule has 0 aromatic heterocycles. The van der Waals surface area contributed by atoms with Gasteiger partial charge in [-0.05, 0) is 23.8 Å². The van der Waals surface area contributed by atoms with E-state index < -0.39 is 10.0 Å². The van der Waals surface area contributed by atoms with Gasteiger partial charge in [0, 0.05) is 0 Å². The fourth-order valence-corrected chi connectivity index (χ4v) is 2.76. The van der Waals surface area contributed by atoms with Crippen LogP contribution in [-0.4, -0.2) is 14.7 Å². The maximum absolute atomic E-state index is 12.0. The highest BCUT2D eigenvalue weighted by Crippen LogP contribution is 2.21. The van der Waals surface area contributed by atoms with Gasteiger partial charge in [0.15, 0.2) is 0 Å². The van der Waals surface area contributed by atoms with Crippen LogP contribution in [0, 0.1) is 11.3 Å². The van der Waals surface area contributed by atoms with Crippen molar-refractivity contribution in [2.24, 2.45) is 0 Å². The molecule has 0 bridgehead atoms. The highest BCUT2D eigenvalue weighted by atomic mass is 32.2. The summed E-state index contributed by atoms with van der Waals surface area (Å²) in [5.74, 6) is 0. The molecule has 0 fully saturated rings. The number of nitrogens with zero attached hydrogens (tertiary/aromatic N) is 2. The molecule has 5 heteroatoms. The van der Waals surface area contributed by atoms with Crippen LogP contribution in [0.25, 0.3) is 0 Å². The summed E-state index contributed by atoms with van der Waals surface area (Å²) in [7, 11) is -3.42. The summed E-state index contributed by atoms with van der Waals surface area (Å²) in [5.41, 5.74) is 1.82. The Morgan fingerprint density at radius 2 is 1.80 bits per heavy atom. The SMILES string of the molecule is CS(=O)(=O)N(Cc1ccccc1)c1cccc(C#N)c1. The Hall–Kier alpha value is -2.32. The van der Waals surface area contributed by atoms with Crippen LogP contribution in [0.5, 0.6) is 0 Å². The highest BCUT2D eigenvalue weighted by Gasteiger charge is 2.18. The zero-order valence-corrected chi connectivity index (χ0v) is 11.8. The first-order valence-corrected chi connectivity index (χ1v) is 7.87. The molecule has 0 spiro atoms. The molecule has 2 aromatic carbocycles. The second-order valence-electron chi connectivity index (χ2n) is 4.42. The summed E-state index contributed by atoms with van der Waals surface area (Å²) in [5, 5.41) is 8.92. The monoisotopic (exact) mass is 286 g/mol. The Balaban J connectivity index is 2.41. The van der Waals surface area contributed by atoms with E-state index >= 15 is 0 Å². The van der Waals surface area contributed by atoms with Crippen molar-refractivity contribution >= 4 is 15.7 Å². The van der Waals surface area contributed by atoms with Crippen LogP contribution in [0.4, 0.5) is 5.69 Å². The van der Waals surface area contributed by atoms with Crippen LogP contribution >= 0.6 is 0 Å². The average Bonchev–Trinajstić information content (AvgIpc) is 2.45. The zero-order chi connectivity index (χ0) is 14.6. The summed E-state index contributed by atoms with van der Waals surface area (Å²) in [6.07, 6.45) is 1.16. The normalized spacial score (nSPS) is 10.8. The van der Waals surface area contributed by atoms with Gasteiger partial charge in [-0.15, -0.1) is 0 Å². The average molecular weight is 286 g/mol. The minimum Gasteiger partial charge on any atom is -0.266 e. The zero-order valence-electron chi connectivity index (χ0n) is 11.0. The van der Waals surface area contributed by atoms with Crippen LogP contribution in [0.1, 0.15) is 11.1 Å². The van der Waals surface area contributed by atoms with E-state index in [-0.39, 0.29) is 6.54 Å². The third-order valence-corrected chi connectivity index (χ3v) is 3.97. The lowest BCUT2D eigenvalue weighted by Gasteiger charge is -2.22. The molecule has 0 amide bonds. The Bertz CT molecular complexity index is 734. The third-order valence-electron chi connectivity index (χ3n) is 2.83. The number of sulfonamides is 1. The molecule has 102 valence electrons. The topological polar surface area (TPSA) is 61.2 Å². The quantitative estimate of drug-likeness (QED) is 0.867. The van der Waals surface area contributed by atoms with Crippen molar-refractivity contribution in [2.45, 2.75) is 6.54 Å². The van der Waals surface area contributed by atoms with Crippen molar-refractivity contribution < 1.29 is 8.42 Å². The van der Waals surface area contributed by atoms with Crippen molar-refractivity contribution in [1.82, 2.24) is 0 Å². The first-order chi connectivity index (χ1) is 9.50. The molecule has 0 saturated heterocycles. The lowest BCUT2D eigenvalue weighted by atomic mass is 10.2. The van der Waals surface area contributed by atoms with E-state index in [9.17, 15) is 8.42 Å². The van der Waals surface area contributed by atoms with Gasteiger partial charge in [0.05, 0.1) is 30.1 Å². The first kappa shape index (κ1) is 14.1. The molecule has 0 heterocycles. The molecule has 0 aliphatic rings. The lowest BCUT2D eigenvalue weighted by Crippen LogP contribution is -2.29. The minimum absolute atomic E-state index is 0.245. The Morgan fingerprint density at radius 1 is 1.10 bits per heavy atom. The predicted molar refractivity (Wildman–Crippen MR) is 78.6 cm³/mol. The van der Waals surface area contributed by atoms with Crippen LogP contribution in [-0.2, 0) is 16.6 Å². The smallest absolute Gasteiger partial charge is 0.232 e. The van der Waals surface area contributed by atoms with Gasteiger partial charge in [0.2, 0.25) is 10.0 Å². The summed E-state index contributed by atoms with van der Waals surface area (Å²) in [6.45, 7) is 0.245. The van der Waals surface area contributed by atoms with Crippen LogP contribution in [0.3, 0.4) is 0 Å². The Labute approximate surface area is 118 Å². The van der Waals surface area contributed by atoms with Crippen molar-refractivity contribution in [1.29, 1.82) is 5.26 Å².